The summed E-state index contributed by atoms with van der Waals surface area (Å²) >= 11 is 3.55. The molecule has 0 bridgehead atoms. The molecule has 2 rings (SSSR count). The van der Waals surface area contributed by atoms with Gasteiger partial charge in [0.2, 0.25) is 5.95 Å². The Morgan fingerprint density at radius 1 is 1.33 bits per heavy atom. The molecule has 7 nitrogen and oxygen atoms in total. The molecule has 0 saturated carbocycles. The molecular formula is C13H18BrN5O2. The first kappa shape index (κ1) is 15.6. The van der Waals surface area contributed by atoms with Gasteiger partial charge in [0.05, 0.1) is 13.7 Å². The van der Waals surface area contributed by atoms with Crippen molar-refractivity contribution >= 4 is 21.9 Å². The fraction of sp³-hybridized carbons (Fsp3) is 0.462. The molecule has 0 saturated heterocycles. The van der Waals surface area contributed by atoms with Crippen molar-refractivity contribution in [3.05, 3.63) is 22.2 Å². The Morgan fingerprint density at radius 3 is 2.81 bits per heavy atom. The highest BCUT2D eigenvalue weighted by Crippen LogP contribution is 2.36. The highest BCUT2D eigenvalue weighted by Gasteiger charge is 2.15. The van der Waals surface area contributed by atoms with Gasteiger partial charge in [-0.25, -0.2) is 4.68 Å². The molecular weight excluding hydrogens is 338 g/mol. The zero-order valence-electron chi connectivity index (χ0n) is 12.3. The Morgan fingerprint density at radius 2 is 2.14 bits per heavy atom. The third-order valence-electron chi connectivity index (χ3n) is 2.93. The maximum absolute atomic E-state index is 5.71. The quantitative estimate of drug-likeness (QED) is 0.822. The first-order chi connectivity index (χ1) is 10.2. The SMILES string of the molecule is CCOc1c(OC)ccc(Br)c1CNc1nnnn1CC. The van der Waals surface area contributed by atoms with E-state index >= 15 is 0 Å². The van der Waals surface area contributed by atoms with Crippen LogP contribution in [0.15, 0.2) is 16.6 Å². The minimum Gasteiger partial charge on any atom is -0.493 e. The van der Waals surface area contributed by atoms with Gasteiger partial charge in [0.25, 0.3) is 0 Å². The Hall–Kier alpha value is -1.83. The number of aryl methyl sites for hydroxylation is 1. The van der Waals surface area contributed by atoms with Crippen LogP contribution < -0.4 is 14.8 Å². The topological polar surface area (TPSA) is 74.1 Å². The number of aromatic nitrogens is 4. The van der Waals surface area contributed by atoms with E-state index in [9.17, 15) is 0 Å². The number of nitrogens with one attached hydrogen (secondary N) is 1. The monoisotopic (exact) mass is 355 g/mol. The second-order valence-corrected chi connectivity index (χ2v) is 5.02. The maximum atomic E-state index is 5.71. The number of methoxy groups -OCH3 is 1. The van der Waals surface area contributed by atoms with Crippen molar-refractivity contribution in [3.8, 4) is 11.5 Å². The number of halogens is 1. The van der Waals surface area contributed by atoms with E-state index in [4.69, 9.17) is 9.47 Å². The van der Waals surface area contributed by atoms with Crippen molar-refractivity contribution in [3.63, 3.8) is 0 Å². The largest absolute Gasteiger partial charge is 0.493 e. The summed E-state index contributed by atoms with van der Waals surface area (Å²) in [6.07, 6.45) is 0. The molecule has 0 amide bonds. The van der Waals surface area contributed by atoms with Crippen LogP contribution in [0.2, 0.25) is 0 Å². The molecule has 21 heavy (non-hydrogen) atoms. The molecule has 1 aromatic carbocycles. The number of anilines is 1. The lowest BCUT2D eigenvalue weighted by Gasteiger charge is -2.16. The van der Waals surface area contributed by atoms with Crippen molar-refractivity contribution in [2.24, 2.45) is 0 Å². The number of nitrogens with zero attached hydrogens (tertiary/aromatic N) is 4. The van der Waals surface area contributed by atoms with Crippen LogP contribution in [-0.4, -0.2) is 33.9 Å². The molecule has 114 valence electrons. The summed E-state index contributed by atoms with van der Waals surface area (Å²) in [5.41, 5.74) is 0.960. The van der Waals surface area contributed by atoms with Gasteiger partial charge in [0.1, 0.15) is 0 Å². The minimum absolute atomic E-state index is 0.521. The lowest BCUT2D eigenvalue weighted by atomic mass is 10.2. The summed E-state index contributed by atoms with van der Waals surface area (Å²) in [7, 11) is 1.63. The van der Waals surface area contributed by atoms with E-state index in [-0.39, 0.29) is 0 Å². The summed E-state index contributed by atoms with van der Waals surface area (Å²) in [5.74, 6) is 2.04. The van der Waals surface area contributed by atoms with Crippen molar-refractivity contribution in [1.82, 2.24) is 20.2 Å². The highest BCUT2D eigenvalue weighted by atomic mass is 79.9. The van der Waals surface area contributed by atoms with E-state index in [1.807, 2.05) is 26.0 Å². The number of benzene rings is 1. The Bertz CT molecular complexity index is 602. The van der Waals surface area contributed by atoms with E-state index in [2.05, 4.69) is 36.8 Å². The molecule has 2 aromatic rings. The van der Waals surface area contributed by atoms with E-state index in [0.717, 1.165) is 15.8 Å². The van der Waals surface area contributed by atoms with E-state index < -0.39 is 0 Å². The fourth-order valence-corrected chi connectivity index (χ4v) is 2.37. The van der Waals surface area contributed by atoms with Gasteiger partial charge in [-0.15, -0.1) is 0 Å². The predicted molar refractivity (Wildman–Crippen MR) is 82.7 cm³/mol. The predicted octanol–water partition coefficient (Wildman–Crippen LogP) is 2.47. The minimum atomic E-state index is 0.521. The van der Waals surface area contributed by atoms with Crippen LogP contribution in [0.25, 0.3) is 0 Å². The van der Waals surface area contributed by atoms with Crippen molar-refractivity contribution < 1.29 is 9.47 Å². The Balaban J connectivity index is 2.26. The van der Waals surface area contributed by atoms with Crippen LogP contribution in [0.5, 0.6) is 11.5 Å². The Kier molecular flexibility index (Phi) is 5.38. The van der Waals surface area contributed by atoms with Crippen molar-refractivity contribution in [2.45, 2.75) is 26.9 Å². The highest BCUT2D eigenvalue weighted by molar-refractivity contribution is 9.10. The molecule has 0 spiro atoms. The third kappa shape index (κ3) is 3.44. The molecule has 0 radical (unpaired) electrons. The molecule has 1 N–H and O–H groups in total. The molecule has 0 fully saturated rings. The smallest absolute Gasteiger partial charge is 0.243 e. The maximum Gasteiger partial charge on any atom is 0.243 e. The lowest BCUT2D eigenvalue weighted by Crippen LogP contribution is -2.10. The number of hydrogen-bond acceptors (Lipinski definition) is 6. The summed E-state index contributed by atoms with van der Waals surface area (Å²) in [4.78, 5) is 0. The summed E-state index contributed by atoms with van der Waals surface area (Å²) < 4.78 is 13.7. The van der Waals surface area contributed by atoms with Gasteiger partial charge in [0, 0.05) is 23.1 Å². The van der Waals surface area contributed by atoms with Gasteiger partial charge in [-0.1, -0.05) is 21.0 Å². The third-order valence-corrected chi connectivity index (χ3v) is 3.67. The molecule has 0 aliphatic rings. The molecule has 1 heterocycles. The molecule has 0 aliphatic carbocycles. The van der Waals surface area contributed by atoms with Crippen molar-refractivity contribution in [2.75, 3.05) is 19.0 Å². The fourth-order valence-electron chi connectivity index (χ4n) is 1.92. The van der Waals surface area contributed by atoms with Crippen molar-refractivity contribution in [1.29, 1.82) is 0 Å². The van der Waals surface area contributed by atoms with Gasteiger partial charge >= 0.3 is 0 Å². The average molecular weight is 356 g/mol. The summed E-state index contributed by atoms with van der Waals surface area (Å²) in [6, 6.07) is 3.80. The van der Waals surface area contributed by atoms with E-state index in [0.29, 0.717) is 31.4 Å². The normalized spacial score (nSPS) is 10.5. The van der Waals surface area contributed by atoms with Crippen LogP contribution in [-0.2, 0) is 13.1 Å². The van der Waals surface area contributed by atoms with Gasteiger partial charge in [0.15, 0.2) is 11.5 Å². The average Bonchev–Trinajstić information content (AvgIpc) is 2.95. The number of hydrogen-bond donors (Lipinski definition) is 1. The summed E-state index contributed by atoms with van der Waals surface area (Å²) in [5, 5.41) is 14.7. The number of ether oxygens (including phenoxy) is 2. The van der Waals surface area contributed by atoms with Gasteiger partial charge in [-0.05, 0) is 36.4 Å². The zero-order valence-corrected chi connectivity index (χ0v) is 13.8. The van der Waals surface area contributed by atoms with Crippen LogP contribution in [0.4, 0.5) is 5.95 Å². The molecule has 0 aliphatic heterocycles. The van der Waals surface area contributed by atoms with Crippen LogP contribution >= 0.6 is 15.9 Å². The Labute approximate surface area is 131 Å². The number of rotatable bonds is 7. The molecule has 0 atom stereocenters. The van der Waals surface area contributed by atoms with Gasteiger partial charge in [-0.3, -0.25) is 0 Å². The standard InChI is InChI=1S/C13H18BrN5O2/c1-4-19-13(16-17-18-19)15-8-9-10(14)6-7-11(20-3)12(9)21-5-2/h6-7H,4-5,8H2,1-3H3,(H,15,16,18). The zero-order chi connectivity index (χ0) is 15.2. The second-order valence-electron chi connectivity index (χ2n) is 4.16. The van der Waals surface area contributed by atoms with Crippen LogP contribution in [0, 0.1) is 0 Å². The summed E-state index contributed by atoms with van der Waals surface area (Å²) in [6.45, 7) is 5.71. The first-order valence-electron chi connectivity index (χ1n) is 6.69. The van der Waals surface area contributed by atoms with E-state index in [1.54, 1.807) is 11.8 Å². The second kappa shape index (κ2) is 7.26. The van der Waals surface area contributed by atoms with Crippen LogP contribution in [0.3, 0.4) is 0 Å². The lowest BCUT2D eigenvalue weighted by molar-refractivity contribution is 0.307. The molecule has 8 heteroatoms. The van der Waals surface area contributed by atoms with Gasteiger partial charge in [-0.2, -0.15) is 0 Å². The van der Waals surface area contributed by atoms with Gasteiger partial charge < -0.3 is 14.8 Å². The first-order valence-corrected chi connectivity index (χ1v) is 7.48. The molecule has 1 aromatic heterocycles. The van der Waals surface area contributed by atoms with Crippen LogP contribution in [0.1, 0.15) is 19.4 Å². The molecule has 0 unspecified atom stereocenters. The number of tetrazole rings is 1. The van der Waals surface area contributed by atoms with E-state index in [1.165, 1.54) is 0 Å².